The first-order valence-electron chi connectivity index (χ1n) is 8.85. The van der Waals surface area contributed by atoms with Gasteiger partial charge >= 0.3 is 0 Å². The van der Waals surface area contributed by atoms with E-state index >= 15 is 0 Å². The maximum atomic E-state index is 13.3. The van der Waals surface area contributed by atoms with Gasteiger partial charge in [0, 0.05) is 22.8 Å². The van der Waals surface area contributed by atoms with Crippen molar-refractivity contribution < 1.29 is 19.5 Å². The minimum Gasteiger partial charge on any atom is -0.392 e. The summed E-state index contributed by atoms with van der Waals surface area (Å²) < 4.78 is 0. The van der Waals surface area contributed by atoms with Crippen molar-refractivity contribution in [3.05, 3.63) is 29.8 Å². The number of aliphatic hydroxyl groups is 1. The molecule has 3 aliphatic rings. The molecule has 0 saturated carbocycles. The van der Waals surface area contributed by atoms with Gasteiger partial charge < -0.3 is 10.4 Å². The largest absolute Gasteiger partial charge is 0.392 e. The number of rotatable bonds is 1. The number of aliphatic hydroxyl groups excluding tert-OH is 1. The lowest BCUT2D eigenvalue weighted by Crippen LogP contribution is -2.57. The third-order valence-corrected chi connectivity index (χ3v) is 5.75. The molecule has 7 nitrogen and oxygen atoms in total. The minimum atomic E-state index is -1.34. The highest BCUT2D eigenvalue weighted by Crippen LogP contribution is 2.54. The fourth-order valence-electron chi connectivity index (χ4n) is 4.76. The zero-order valence-electron chi connectivity index (χ0n) is 15.2. The van der Waals surface area contributed by atoms with E-state index < -0.39 is 35.1 Å². The monoisotopic (exact) mass is 357 g/mol. The van der Waals surface area contributed by atoms with Crippen molar-refractivity contribution in [2.75, 3.05) is 5.32 Å². The summed E-state index contributed by atoms with van der Waals surface area (Å²) in [5.41, 5.74) is -0.753. The van der Waals surface area contributed by atoms with Crippen LogP contribution >= 0.6 is 0 Å². The van der Waals surface area contributed by atoms with Crippen LogP contribution in [0.4, 0.5) is 5.69 Å². The highest BCUT2D eigenvalue weighted by Gasteiger charge is 2.71. The minimum absolute atomic E-state index is 0.333. The van der Waals surface area contributed by atoms with Crippen LogP contribution in [0.1, 0.15) is 33.3 Å². The average molecular weight is 357 g/mol. The van der Waals surface area contributed by atoms with E-state index in [1.54, 1.807) is 52.0 Å². The second-order valence-corrected chi connectivity index (χ2v) is 8.40. The molecule has 4 rings (SSSR count). The van der Waals surface area contributed by atoms with Crippen molar-refractivity contribution in [3.8, 4) is 0 Å². The number of hydrogen-bond donors (Lipinski definition) is 3. The summed E-state index contributed by atoms with van der Waals surface area (Å²) in [7, 11) is 0. The Bertz CT molecular complexity index is 828. The van der Waals surface area contributed by atoms with Crippen LogP contribution < -0.4 is 10.6 Å². The number of nitrogens with zero attached hydrogens (tertiary/aromatic N) is 1. The number of imide groups is 1. The summed E-state index contributed by atoms with van der Waals surface area (Å²) in [6, 6.07) is 6.49. The van der Waals surface area contributed by atoms with Crippen LogP contribution in [0.2, 0.25) is 0 Å². The second kappa shape index (κ2) is 5.14. The Morgan fingerprint density at radius 1 is 1.15 bits per heavy atom. The Kier molecular flexibility index (Phi) is 3.40. The molecule has 0 unspecified atom stereocenters. The van der Waals surface area contributed by atoms with Gasteiger partial charge in [-0.2, -0.15) is 0 Å². The van der Waals surface area contributed by atoms with E-state index in [0.29, 0.717) is 11.3 Å². The van der Waals surface area contributed by atoms with Gasteiger partial charge in [-0.3, -0.25) is 24.6 Å². The lowest BCUT2D eigenvalue weighted by molar-refractivity contribution is -0.148. The van der Waals surface area contributed by atoms with Crippen molar-refractivity contribution in [2.24, 2.45) is 11.8 Å². The molecule has 3 N–H and O–H groups in total. The number of carbonyl (C=O) groups is 3. The van der Waals surface area contributed by atoms with Crippen molar-refractivity contribution in [1.29, 1.82) is 0 Å². The van der Waals surface area contributed by atoms with Gasteiger partial charge in [0.05, 0.1) is 17.9 Å². The maximum Gasteiger partial charge on any atom is 0.250 e. The number of fused-ring (bicyclic) bond motifs is 4. The molecule has 0 bridgehead atoms. The average Bonchev–Trinajstić information content (AvgIpc) is 3.12. The number of likely N-dealkylation sites (tertiary alicyclic amines) is 1. The Labute approximate surface area is 151 Å². The maximum absolute atomic E-state index is 13.3. The van der Waals surface area contributed by atoms with Gasteiger partial charge in [-0.25, -0.2) is 0 Å². The highest BCUT2D eigenvalue weighted by atomic mass is 16.3. The van der Waals surface area contributed by atoms with Crippen LogP contribution in [-0.2, 0) is 19.9 Å². The third kappa shape index (κ3) is 1.92. The normalized spacial score (nSPS) is 34.3. The van der Waals surface area contributed by atoms with Gasteiger partial charge in [0.25, 0.3) is 0 Å². The van der Waals surface area contributed by atoms with Crippen LogP contribution in [0.15, 0.2) is 24.3 Å². The molecule has 7 heteroatoms. The van der Waals surface area contributed by atoms with E-state index in [0.717, 1.165) is 0 Å². The molecule has 0 aromatic heterocycles. The molecular weight excluding hydrogens is 334 g/mol. The number of carbonyl (C=O) groups excluding carboxylic acids is 3. The molecule has 26 heavy (non-hydrogen) atoms. The number of hydrogen-bond acceptors (Lipinski definition) is 5. The second-order valence-electron chi connectivity index (χ2n) is 8.40. The van der Waals surface area contributed by atoms with E-state index in [2.05, 4.69) is 10.6 Å². The van der Waals surface area contributed by atoms with E-state index in [4.69, 9.17) is 0 Å². The molecule has 138 valence electrons. The fourth-order valence-corrected chi connectivity index (χ4v) is 4.76. The Balaban J connectivity index is 1.93. The molecule has 3 aliphatic heterocycles. The van der Waals surface area contributed by atoms with Crippen LogP contribution in [0, 0.1) is 11.8 Å². The summed E-state index contributed by atoms with van der Waals surface area (Å²) in [6.07, 6.45) is -0.890. The number of amides is 3. The van der Waals surface area contributed by atoms with Crippen LogP contribution in [-0.4, -0.2) is 45.4 Å². The summed E-state index contributed by atoms with van der Waals surface area (Å²) in [6.45, 7) is 6.96. The molecule has 3 heterocycles. The van der Waals surface area contributed by atoms with E-state index in [-0.39, 0.29) is 17.7 Å². The van der Waals surface area contributed by atoms with E-state index in [1.807, 2.05) is 0 Å². The molecular formula is C19H23N3O4. The molecule has 1 aromatic rings. The first-order valence-corrected chi connectivity index (χ1v) is 8.85. The topological polar surface area (TPSA) is 98.7 Å². The lowest BCUT2D eigenvalue weighted by atomic mass is 9.76. The standard InChI is InChI=1S/C19H23N3O4/c1-9(23)14-12-13(16(25)22(15(12)24)18(2,3)4)19(21-14)10-7-5-6-8-11(10)20-17(19)26/h5-9,12-14,21,23H,1-4H3,(H,20,26)/t9-,12-,13-,14+,19+/m0/s1. The zero-order valence-corrected chi connectivity index (χ0v) is 15.2. The van der Waals surface area contributed by atoms with Crippen LogP contribution in [0.3, 0.4) is 0 Å². The molecule has 3 amide bonds. The smallest absolute Gasteiger partial charge is 0.250 e. The first kappa shape index (κ1) is 17.2. The van der Waals surface area contributed by atoms with Gasteiger partial charge in [0.15, 0.2) is 0 Å². The molecule has 5 atom stereocenters. The highest BCUT2D eigenvalue weighted by molar-refractivity contribution is 6.15. The number of nitrogens with one attached hydrogen (secondary N) is 2. The Morgan fingerprint density at radius 3 is 2.42 bits per heavy atom. The molecule has 1 spiro atoms. The number of para-hydroxylation sites is 1. The number of anilines is 1. The quantitative estimate of drug-likeness (QED) is 0.639. The van der Waals surface area contributed by atoms with E-state index in [1.165, 1.54) is 4.90 Å². The zero-order chi connectivity index (χ0) is 19.0. The molecule has 2 fully saturated rings. The van der Waals surface area contributed by atoms with Gasteiger partial charge in [-0.1, -0.05) is 18.2 Å². The van der Waals surface area contributed by atoms with Gasteiger partial charge in [0.1, 0.15) is 5.54 Å². The predicted octanol–water partition coefficient (Wildman–Crippen LogP) is 0.586. The molecule has 1 aromatic carbocycles. The molecule has 0 aliphatic carbocycles. The SMILES string of the molecule is C[C@H](O)[C@H]1N[C@@]2(C(=O)Nc3ccccc32)[C@@H]2C(=O)N(C(C)(C)C)C(=O)[C@H]12. The van der Waals surface area contributed by atoms with Gasteiger partial charge in [0.2, 0.25) is 17.7 Å². The van der Waals surface area contributed by atoms with Crippen LogP contribution in [0.25, 0.3) is 0 Å². The summed E-state index contributed by atoms with van der Waals surface area (Å²) in [5, 5.41) is 16.3. The molecule has 2 saturated heterocycles. The van der Waals surface area contributed by atoms with E-state index in [9.17, 15) is 19.5 Å². The fraction of sp³-hybridized carbons (Fsp3) is 0.526. The van der Waals surface area contributed by atoms with Gasteiger partial charge in [-0.15, -0.1) is 0 Å². The molecule has 0 radical (unpaired) electrons. The van der Waals surface area contributed by atoms with Gasteiger partial charge in [-0.05, 0) is 33.8 Å². The van der Waals surface area contributed by atoms with Crippen molar-refractivity contribution >= 4 is 23.4 Å². The summed E-state index contributed by atoms with van der Waals surface area (Å²) in [5.74, 6) is -2.71. The van der Waals surface area contributed by atoms with Crippen molar-refractivity contribution in [3.63, 3.8) is 0 Å². The summed E-state index contributed by atoms with van der Waals surface area (Å²) in [4.78, 5) is 40.8. The van der Waals surface area contributed by atoms with Crippen molar-refractivity contribution in [2.45, 2.75) is 50.9 Å². The Morgan fingerprint density at radius 2 is 1.81 bits per heavy atom. The number of benzene rings is 1. The predicted molar refractivity (Wildman–Crippen MR) is 93.9 cm³/mol. The Hall–Kier alpha value is -2.25. The third-order valence-electron chi connectivity index (χ3n) is 5.75. The first-order chi connectivity index (χ1) is 12.1. The summed E-state index contributed by atoms with van der Waals surface area (Å²) >= 11 is 0. The van der Waals surface area contributed by atoms with Crippen molar-refractivity contribution in [1.82, 2.24) is 10.2 Å². The lowest BCUT2D eigenvalue weighted by Gasteiger charge is -2.35. The van der Waals surface area contributed by atoms with Crippen LogP contribution in [0.5, 0.6) is 0 Å².